The van der Waals surface area contributed by atoms with Crippen LogP contribution < -0.4 is 16.6 Å². The first-order chi connectivity index (χ1) is 8.63. The molecule has 0 spiro atoms. The molecule has 0 fully saturated rings. The average Bonchev–Trinajstić information content (AvgIpc) is 2.26. The third kappa shape index (κ3) is 4.70. The van der Waals surface area contributed by atoms with Gasteiger partial charge in [0.05, 0.1) is 23.5 Å². The van der Waals surface area contributed by atoms with Gasteiger partial charge in [0.25, 0.3) is 0 Å². The summed E-state index contributed by atoms with van der Waals surface area (Å²) >= 11 is 5.87. The molecule has 1 rings (SSSR count). The second-order valence-electron chi connectivity index (χ2n) is 4.70. The van der Waals surface area contributed by atoms with Crippen LogP contribution in [0.15, 0.2) is 19.2 Å². The minimum absolute atomic E-state index is 0.0828. The number of nitrogens with zero attached hydrogens (tertiary/aromatic N) is 1. The summed E-state index contributed by atoms with van der Waals surface area (Å²) in [6, 6.07) is 1.46. The number of nitrogens with two attached hydrogens (primary N) is 2. The number of hydrogen-bond donors (Lipinski definition) is 3. The maximum atomic E-state index is 13.6. The zero-order valence-electron chi connectivity index (χ0n) is 11.5. The predicted molar refractivity (Wildman–Crippen MR) is 79.6 cm³/mol. The molecule has 0 unspecified atom stereocenters. The second-order valence-corrected chi connectivity index (χ2v) is 5.08. The molecule has 0 bridgehead atoms. The van der Waals surface area contributed by atoms with E-state index in [4.69, 9.17) is 23.2 Å². The summed E-state index contributed by atoms with van der Waals surface area (Å²) in [5, 5.41) is 10.7. The summed E-state index contributed by atoms with van der Waals surface area (Å²) in [4.78, 5) is 0. The van der Waals surface area contributed by atoms with Gasteiger partial charge in [0.1, 0.15) is 10.8 Å². The Hall–Kier alpha value is -1.30. The lowest BCUT2D eigenvalue weighted by Crippen LogP contribution is -2.43. The highest BCUT2D eigenvalue weighted by Crippen LogP contribution is 2.35. The Balaban J connectivity index is 0.00000154. The summed E-state index contributed by atoms with van der Waals surface area (Å²) in [6.45, 7) is 10.8. The highest BCUT2D eigenvalue weighted by atomic mass is 35.5. The van der Waals surface area contributed by atoms with Gasteiger partial charge in [0.2, 0.25) is 0 Å². The Labute approximate surface area is 118 Å². The van der Waals surface area contributed by atoms with Crippen molar-refractivity contribution in [3.8, 4) is 0 Å². The van der Waals surface area contributed by atoms with Gasteiger partial charge in [-0.1, -0.05) is 11.6 Å². The Morgan fingerprint density at radius 2 is 1.95 bits per heavy atom. The van der Waals surface area contributed by atoms with Crippen molar-refractivity contribution in [3.05, 3.63) is 35.6 Å². The van der Waals surface area contributed by atoms with E-state index in [1.54, 1.807) is 20.8 Å². The van der Waals surface area contributed by atoms with Crippen LogP contribution in [0.3, 0.4) is 0 Å². The molecule has 6 heteroatoms. The van der Waals surface area contributed by atoms with Gasteiger partial charge in [0, 0.05) is 0 Å². The Kier molecular flexibility index (Phi) is 6.29. The smallest absolute Gasteiger partial charge is 0.147 e. The molecule has 4 nitrogen and oxygen atoms in total. The number of nitrogen functional groups attached to an aromatic ring is 1. The zero-order chi connectivity index (χ0) is 15.4. The Morgan fingerprint density at radius 3 is 2.37 bits per heavy atom. The first-order valence-corrected chi connectivity index (χ1v) is 6.00. The van der Waals surface area contributed by atoms with Gasteiger partial charge in [-0.15, -0.1) is 13.2 Å². The molecule has 0 aliphatic heterocycles. The molecule has 0 aromatic heterocycles. The van der Waals surface area contributed by atoms with Gasteiger partial charge in [-0.05, 0) is 32.4 Å². The fourth-order valence-corrected chi connectivity index (χ4v) is 1.92. The highest BCUT2D eigenvalue weighted by molar-refractivity contribution is 6.34. The first kappa shape index (κ1) is 17.7. The number of hydrazine groups is 1. The van der Waals surface area contributed by atoms with E-state index < -0.39 is 11.4 Å². The van der Waals surface area contributed by atoms with E-state index in [-0.39, 0.29) is 22.9 Å². The number of aliphatic hydroxyl groups is 1. The Bertz CT molecular complexity index is 446. The maximum absolute atomic E-state index is 13.6. The first-order valence-electron chi connectivity index (χ1n) is 5.62. The summed E-state index contributed by atoms with van der Waals surface area (Å²) in [7, 11) is 0. The minimum Gasteiger partial charge on any atom is -0.397 e. The van der Waals surface area contributed by atoms with Crippen LogP contribution >= 0.6 is 11.6 Å². The van der Waals surface area contributed by atoms with Crippen molar-refractivity contribution in [2.75, 3.05) is 17.3 Å². The van der Waals surface area contributed by atoms with E-state index in [1.807, 2.05) is 0 Å². The molecular weight excluding hydrogens is 269 g/mol. The van der Waals surface area contributed by atoms with E-state index in [2.05, 4.69) is 13.2 Å². The van der Waals surface area contributed by atoms with E-state index in [9.17, 15) is 9.50 Å². The summed E-state index contributed by atoms with van der Waals surface area (Å²) in [6.07, 6.45) is 0. The van der Waals surface area contributed by atoms with Crippen molar-refractivity contribution in [2.24, 2.45) is 5.84 Å². The number of hydrogen-bond acceptors (Lipinski definition) is 4. The molecule has 19 heavy (non-hydrogen) atoms. The van der Waals surface area contributed by atoms with Crippen molar-refractivity contribution in [2.45, 2.75) is 26.4 Å². The molecule has 0 saturated carbocycles. The SMILES string of the molecule is C=C.Cc1cc(N)c(N(N)CC(C)(C)O)c(Cl)c1F. The van der Waals surface area contributed by atoms with E-state index in [0.29, 0.717) is 5.56 Å². The van der Waals surface area contributed by atoms with Crippen molar-refractivity contribution in [1.29, 1.82) is 0 Å². The van der Waals surface area contributed by atoms with Crippen LogP contribution in [-0.4, -0.2) is 17.3 Å². The molecule has 1 aromatic carbocycles. The molecule has 0 radical (unpaired) electrons. The minimum atomic E-state index is -1.04. The molecule has 5 N–H and O–H groups in total. The molecule has 0 heterocycles. The van der Waals surface area contributed by atoms with Crippen molar-refractivity contribution in [1.82, 2.24) is 0 Å². The van der Waals surface area contributed by atoms with Crippen LogP contribution in [0.2, 0.25) is 5.02 Å². The van der Waals surface area contributed by atoms with E-state index in [1.165, 1.54) is 6.07 Å². The van der Waals surface area contributed by atoms with Crippen LogP contribution in [0.5, 0.6) is 0 Å². The highest BCUT2D eigenvalue weighted by Gasteiger charge is 2.22. The molecule has 108 valence electrons. The van der Waals surface area contributed by atoms with Crippen LogP contribution in [-0.2, 0) is 0 Å². The average molecular weight is 290 g/mol. The van der Waals surface area contributed by atoms with Gasteiger partial charge in [-0.25, -0.2) is 10.2 Å². The summed E-state index contributed by atoms with van der Waals surface area (Å²) < 4.78 is 13.6. The number of aryl methyl sites for hydroxylation is 1. The monoisotopic (exact) mass is 289 g/mol. The fourth-order valence-electron chi connectivity index (χ4n) is 1.56. The zero-order valence-corrected chi connectivity index (χ0v) is 12.3. The van der Waals surface area contributed by atoms with Gasteiger partial charge in [-0.2, -0.15) is 0 Å². The number of benzene rings is 1. The predicted octanol–water partition coefficient (Wildman–Crippen LogP) is 2.62. The van der Waals surface area contributed by atoms with Crippen LogP contribution in [0, 0.1) is 12.7 Å². The van der Waals surface area contributed by atoms with Crippen molar-refractivity contribution >= 4 is 23.0 Å². The van der Waals surface area contributed by atoms with Crippen LogP contribution in [0.25, 0.3) is 0 Å². The van der Waals surface area contributed by atoms with Gasteiger partial charge in [0.15, 0.2) is 0 Å². The molecule has 0 aliphatic rings. The molecule has 0 amide bonds. The topological polar surface area (TPSA) is 75.5 Å². The fraction of sp³-hybridized carbons (Fsp3) is 0.385. The number of rotatable bonds is 3. The molecular formula is C13H21ClFN3O. The van der Waals surface area contributed by atoms with Crippen molar-refractivity contribution < 1.29 is 9.50 Å². The molecule has 0 saturated heterocycles. The third-order valence-corrected chi connectivity index (χ3v) is 2.58. The van der Waals surface area contributed by atoms with E-state index >= 15 is 0 Å². The lowest BCUT2D eigenvalue weighted by Gasteiger charge is -2.28. The van der Waals surface area contributed by atoms with Crippen molar-refractivity contribution in [3.63, 3.8) is 0 Å². The summed E-state index contributed by atoms with van der Waals surface area (Å²) in [5.41, 5.74) is 5.55. The standard InChI is InChI=1S/C11H17ClFN3O.C2H4/c1-6-4-7(14)10(8(12)9(6)13)16(15)5-11(2,3)17;1-2/h4,17H,5,14-15H2,1-3H3;1-2H2. The normalized spacial score (nSPS) is 10.7. The quantitative estimate of drug-likeness (QED) is 0.346. The van der Waals surface area contributed by atoms with Crippen LogP contribution in [0.1, 0.15) is 19.4 Å². The number of halogens is 2. The lowest BCUT2D eigenvalue weighted by atomic mass is 10.1. The second kappa shape index (κ2) is 6.75. The van der Waals surface area contributed by atoms with Gasteiger partial charge < -0.3 is 15.8 Å². The largest absolute Gasteiger partial charge is 0.397 e. The Morgan fingerprint density at radius 1 is 1.47 bits per heavy atom. The lowest BCUT2D eigenvalue weighted by molar-refractivity contribution is 0.0874. The molecule has 1 aromatic rings. The number of anilines is 2. The third-order valence-electron chi connectivity index (χ3n) is 2.24. The van der Waals surface area contributed by atoms with Crippen LogP contribution in [0.4, 0.5) is 15.8 Å². The molecule has 0 aliphatic carbocycles. The van der Waals surface area contributed by atoms with Gasteiger partial charge in [-0.3, -0.25) is 0 Å². The van der Waals surface area contributed by atoms with Gasteiger partial charge >= 0.3 is 0 Å². The molecule has 0 atom stereocenters. The summed E-state index contributed by atoms with van der Waals surface area (Å²) in [5.74, 6) is 5.19. The van der Waals surface area contributed by atoms with E-state index in [0.717, 1.165) is 5.01 Å². The maximum Gasteiger partial charge on any atom is 0.147 e.